The van der Waals surface area contributed by atoms with Crippen LogP contribution in [0.15, 0.2) is 55.0 Å². The number of benzene rings is 1. The first-order valence-electron chi connectivity index (χ1n) is 5.76. The maximum absolute atomic E-state index is 4.28. The Bertz CT molecular complexity index is 652. The second kappa shape index (κ2) is 4.79. The van der Waals surface area contributed by atoms with Gasteiger partial charge in [-0.2, -0.15) is 0 Å². The molecule has 4 heteroatoms. The predicted octanol–water partition coefficient (Wildman–Crippen LogP) is 2.64. The summed E-state index contributed by atoms with van der Waals surface area (Å²) < 4.78 is 0. The van der Waals surface area contributed by atoms with E-state index in [2.05, 4.69) is 20.3 Å². The third-order valence-corrected chi connectivity index (χ3v) is 2.67. The summed E-state index contributed by atoms with van der Waals surface area (Å²) in [5, 5.41) is 3.32. The van der Waals surface area contributed by atoms with Crippen molar-refractivity contribution < 1.29 is 0 Å². The molecule has 4 nitrogen and oxygen atoms in total. The summed E-state index contributed by atoms with van der Waals surface area (Å²) >= 11 is 0. The lowest BCUT2D eigenvalue weighted by atomic mass is 10.2. The van der Waals surface area contributed by atoms with Gasteiger partial charge < -0.3 is 5.32 Å². The third-order valence-electron chi connectivity index (χ3n) is 2.67. The van der Waals surface area contributed by atoms with E-state index in [1.165, 1.54) is 0 Å². The van der Waals surface area contributed by atoms with E-state index in [1.54, 1.807) is 18.6 Å². The van der Waals surface area contributed by atoms with Crippen LogP contribution < -0.4 is 5.32 Å². The first-order chi connectivity index (χ1) is 8.92. The maximum Gasteiger partial charge on any atom is 0.0907 e. The maximum atomic E-state index is 4.28. The zero-order valence-electron chi connectivity index (χ0n) is 9.74. The minimum atomic E-state index is 0.701. The van der Waals surface area contributed by atoms with Crippen molar-refractivity contribution in [3.8, 4) is 0 Å². The molecule has 3 aromatic rings. The number of fused-ring (bicyclic) bond motifs is 1. The van der Waals surface area contributed by atoms with Crippen molar-refractivity contribution in [2.75, 3.05) is 5.32 Å². The summed E-state index contributed by atoms with van der Waals surface area (Å²) in [7, 11) is 0. The molecule has 0 aliphatic rings. The summed E-state index contributed by atoms with van der Waals surface area (Å²) in [6, 6.07) is 11.8. The van der Waals surface area contributed by atoms with Crippen molar-refractivity contribution in [2.24, 2.45) is 0 Å². The van der Waals surface area contributed by atoms with E-state index in [4.69, 9.17) is 0 Å². The molecular formula is C14H12N4. The Morgan fingerprint density at radius 3 is 2.56 bits per heavy atom. The Balaban J connectivity index is 1.79. The lowest BCUT2D eigenvalue weighted by molar-refractivity contribution is 1.05. The van der Waals surface area contributed by atoms with Gasteiger partial charge in [-0.15, -0.1) is 0 Å². The Labute approximate surface area is 105 Å². The molecule has 0 spiro atoms. The van der Waals surface area contributed by atoms with Gasteiger partial charge in [-0.3, -0.25) is 15.0 Å². The van der Waals surface area contributed by atoms with Gasteiger partial charge in [0.05, 0.1) is 23.3 Å². The molecule has 18 heavy (non-hydrogen) atoms. The average molecular weight is 236 g/mol. The Morgan fingerprint density at radius 2 is 1.72 bits per heavy atom. The summed E-state index contributed by atoms with van der Waals surface area (Å²) in [6.45, 7) is 0.701. The largest absolute Gasteiger partial charge is 0.379 e. The monoisotopic (exact) mass is 236 g/mol. The van der Waals surface area contributed by atoms with E-state index in [9.17, 15) is 0 Å². The van der Waals surface area contributed by atoms with Gasteiger partial charge in [-0.25, -0.2) is 0 Å². The van der Waals surface area contributed by atoms with E-state index in [1.807, 2.05) is 36.4 Å². The van der Waals surface area contributed by atoms with Crippen LogP contribution in [0.2, 0.25) is 0 Å². The summed E-state index contributed by atoms with van der Waals surface area (Å²) in [6.07, 6.45) is 5.19. The molecule has 3 rings (SSSR count). The van der Waals surface area contributed by atoms with Crippen molar-refractivity contribution in [1.29, 1.82) is 0 Å². The highest BCUT2D eigenvalue weighted by Gasteiger charge is 1.98. The SMILES string of the molecule is c1ccc(CNc2ccc3nccnc3c2)nc1. The van der Waals surface area contributed by atoms with Gasteiger partial charge in [-0.05, 0) is 30.3 Å². The second-order valence-corrected chi connectivity index (χ2v) is 3.93. The van der Waals surface area contributed by atoms with Crippen LogP contribution in [0, 0.1) is 0 Å². The van der Waals surface area contributed by atoms with Crippen LogP contribution in [-0.4, -0.2) is 15.0 Å². The highest BCUT2D eigenvalue weighted by Crippen LogP contribution is 2.15. The Kier molecular flexibility index (Phi) is 2.84. The van der Waals surface area contributed by atoms with Gasteiger partial charge in [0.1, 0.15) is 0 Å². The van der Waals surface area contributed by atoms with Crippen molar-refractivity contribution in [3.63, 3.8) is 0 Å². The Morgan fingerprint density at radius 1 is 0.833 bits per heavy atom. The molecule has 0 saturated heterocycles. The number of nitrogens with one attached hydrogen (secondary N) is 1. The van der Waals surface area contributed by atoms with E-state index >= 15 is 0 Å². The minimum Gasteiger partial charge on any atom is -0.379 e. The molecule has 2 heterocycles. The van der Waals surface area contributed by atoms with E-state index < -0.39 is 0 Å². The lowest BCUT2D eigenvalue weighted by Gasteiger charge is -2.06. The minimum absolute atomic E-state index is 0.701. The number of nitrogens with zero attached hydrogens (tertiary/aromatic N) is 3. The van der Waals surface area contributed by atoms with E-state index in [0.29, 0.717) is 6.54 Å². The highest BCUT2D eigenvalue weighted by atomic mass is 14.9. The van der Waals surface area contributed by atoms with E-state index in [-0.39, 0.29) is 0 Å². The molecule has 0 unspecified atom stereocenters. The fraction of sp³-hybridized carbons (Fsp3) is 0.0714. The molecule has 0 fully saturated rings. The quantitative estimate of drug-likeness (QED) is 0.759. The van der Waals surface area contributed by atoms with Crippen LogP contribution in [0.5, 0.6) is 0 Å². The average Bonchev–Trinajstić information content (AvgIpc) is 2.46. The highest BCUT2D eigenvalue weighted by molar-refractivity contribution is 5.78. The van der Waals surface area contributed by atoms with Crippen LogP contribution in [-0.2, 0) is 6.54 Å². The molecule has 0 aliphatic carbocycles. The molecule has 0 bridgehead atoms. The van der Waals surface area contributed by atoms with Crippen molar-refractivity contribution in [2.45, 2.75) is 6.54 Å². The van der Waals surface area contributed by atoms with Crippen molar-refractivity contribution in [3.05, 3.63) is 60.7 Å². The van der Waals surface area contributed by atoms with Crippen molar-refractivity contribution >= 4 is 16.7 Å². The van der Waals surface area contributed by atoms with Gasteiger partial charge in [0.2, 0.25) is 0 Å². The second-order valence-electron chi connectivity index (χ2n) is 3.93. The zero-order chi connectivity index (χ0) is 12.2. The molecule has 0 radical (unpaired) electrons. The first kappa shape index (κ1) is 10.7. The molecular weight excluding hydrogens is 224 g/mol. The Hall–Kier alpha value is -2.49. The summed E-state index contributed by atoms with van der Waals surface area (Å²) in [5.41, 5.74) is 3.83. The molecule has 2 aromatic heterocycles. The molecule has 0 aliphatic heterocycles. The van der Waals surface area contributed by atoms with Crippen LogP contribution in [0.25, 0.3) is 11.0 Å². The standard InChI is InChI=1S/C14H12N4/c1-2-6-15-12(3-1)10-18-11-4-5-13-14(9-11)17-8-7-16-13/h1-9,18H,10H2. The molecule has 88 valence electrons. The van der Waals surface area contributed by atoms with Crippen LogP contribution in [0.3, 0.4) is 0 Å². The van der Waals surface area contributed by atoms with Gasteiger partial charge >= 0.3 is 0 Å². The topological polar surface area (TPSA) is 50.7 Å². The summed E-state index contributed by atoms with van der Waals surface area (Å²) in [5.74, 6) is 0. The fourth-order valence-electron chi connectivity index (χ4n) is 1.77. The van der Waals surface area contributed by atoms with Crippen molar-refractivity contribution in [1.82, 2.24) is 15.0 Å². The number of hydrogen-bond donors (Lipinski definition) is 1. The number of pyridine rings is 1. The lowest BCUT2D eigenvalue weighted by Crippen LogP contribution is -2.01. The number of aromatic nitrogens is 3. The number of anilines is 1. The normalized spacial score (nSPS) is 10.4. The van der Waals surface area contributed by atoms with Crippen LogP contribution in [0.4, 0.5) is 5.69 Å². The zero-order valence-corrected chi connectivity index (χ0v) is 9.74. The van der Waals surface area contributed by atoms with Gasteiger partial charge in [0, 0.05) is 24.3 Å². The number of hydrogen-bond acceptors (Lipinski definition) is 4. The van der Waals surface area contributed by atoms with Gasteiger partial charge in [0.25, 0.3) is 0 Å². The summed E-state index contributed by atoms with van der Waals surface area (Å²) in [4.78, 5) is 12.8. The van der Waals surface area contributed by atoms with Crippen LogP contribution >= 0.6 is 0 Å². The molecule has 1 N–H and O–H groups in total. The smallest absolute Gasteiger partial charge is 0.0907 e. The van der Waals surface area contributed by atoms with Gasteiger partial charge in [0.15, 0.2) is 0 Å². The third kappa shape index (κ3) is 2.27. The molecule has 0 amide bonds. The molecule has 0 saturated carbocycles. The first-order valence-corrected chi connectivity index (χ1v) is 5.76. The number of rotatable bonds is 3. The fourth-order valence-corrected chi connectivity index (χ4v) is 1.77. The molecule has 1 aromatic carbocycles. The van der Waals surface area contributed by atoms with Gasteiger partial charge in [-0.1, -0.05) is 6.07 Å². The van der Waals surface area contributed by atoms with E-state index in [0.717, 1.165) is 22.4 Å². The van der Waals surface area contributed by atoms with Crippen LogP contribution in [0.1, 0.15) is 5.69 Å². The predicted molar refractivity (Wildman–Crippen MR) is 71.1 cm³/mol. The molecule has 0 atom stereocenters.